The predicted octanol–water partition coefficient (Wildman–Crippen LogP) is 4.30. The van der Waals surface area contributed by atoms with E-state index in [1.165, 1.54) is 12.1 Å². The van der Waals surface area contributed by atoms with Crippen LogP contribution >= 0.6 is 15.9 Å². The molecular weight excluding hydrogens is 323 g/mol. The highest BCUT2D eigenvalue weighted by molar-refractivity contribution is 9.10. The summed E-state index contributed by atoms with van der Waals surface area (Å²) < 4.78 is 19.1. The Balaban J connectivity index is 2.55. The molecule has 1 unspecified atom stereocenters. The van der Waals surface area contributed by atoms with Gasteiger partial charge in [0.2, 0.25) is 0 Å². The molecule has 2 rings (SSSR count). The van der Waals surface area contributed by atoms with Crippen molar-refractivity contribution in [2.45, 2.75) is 20.0 Å². The van der Waals surface area contributed by atoms with Crippen LogP contribution in [0.1, 0.15) is 28.4 Å². The van der Waals surface area contributed by atoms with Gasteiger partial charge in [0.25, 0.3) is 0 Å². The summed E-state index contributed by atoms with van der Waals surface area (Å²) in [4.78, 5) is 0. The van der Waals surface area contributed by atoms with E-state index in [1.807, 2.05) is 26.0 Å². The van der Waals surface area contributed by atoms with Crippen LogP contribution in [-0.4, -0.2) is 12.2 Å². The van der Waals surface area contributed by atoms with E-state index in [2.05, 4.69) is 15.9 Å². The highest BCUT2D eigenvalue weighted by Gasteiger charge is 2.20. The van der Waals surface area contributed by atoms with Gasteiger partial charge in [-0.05, 0) is 48.7 Å². The van der Waals surface area contributed by atoms with Crippen molar-refractivity contribution in [2.75, 3.05) is 7.11 Å². The summed E-state index contributed by atoms with van der Waals surface area (Å²) in [6.45, 7) is 3.89. The third-order valence-electron chi connectivity index (χ3n) is 3.24. The van der Waals surface area contributed by atoms with Crippen molar-refractivity contribution in [3.8, 4) is 5.75 Å². The van der Waals surface area contributed by atoms with E-state index in [0.29, 0.717) is 21.3 Å². The van der Waals surface area contributed by atoms with Crippen LogP contribution in [0, 0.1) is 19.7 Å². The second kappa shape index (κ2) is 5.94. The fourth-order valence-corrected chi connectivity index (χ4v) is 2.91. The minimum absolute atomic E-state index is 0.347. The van der Waals surface area contributed by atoms with Crippen molar-refractivity contribution in [1.82, 2.24) is 0 Å². The minimum atomic E-state index is -0.875. The first kappa shape index (κ1) is 15.0. The molecule has 0 aromatic heterocycles. The third kappa shape index (κ3) is 2.86. The van der Waals surface area contributed by atoms with Crippen molar-refractivity contribution in [2.24, 2.45) is 0 Å². The van der Waals surface area contributed by atoms with Crippen molar-refractivity contribution >= 4 is 15.9 Å². The molecule has 0 aliphatic carbocycles. The average Bonchev–Trinajstić information content (AvgIpc) is 2.37. The molecule has 4 heteroatoms. The van der Waals surface area contributed by atoms with Crippen molar-refractivity contribution < 1.29 is 14.2 Å². The molecule has 0 radical (unpaired) electrons. The van der Waals surface area contributed by atoms with E-state index < -0.39 is 6.10 Å². The largest absolute Gasteiger partial charge is 0.496 e. The van der Waals surface area contributed by atoms with E-state index in [-0.39, 0.29) is 5.82 Å². The Labute approximate surface area is 126 Å². The highest BCUT2D eigenvalue weighted by Crippen LogP contribution is 2.36. The van der Waals surface area contributed by atoms with Crippen molar-refractivity contribution in [1.29, 1.82) is 0 Å². The fraction of sp³-hybridized carbons (Fsp3) is 0.250. The van der Waals surface area contributed by atoms with Crippen LogP contribution in [0.25, 0.3) is 0 Å². The normalized spacial score (nSPS) is 12.3. The smallest absolute Gasteiger partial charge is 0.125 e. The van der Waals surface area contributed by atoms with E-state index in [0.717, 1.165) is 11.1 Å². The summed E-state index contributed by atoms with van der Waals surface area (Å²) in [5, 5.41) is 10.6. The van der Waals surface area contributed by atoms with Crippen LogP contribution in [-0.2, 0) is 0 Å². The maximum atomic E-state index is 13.2. The Morgan fingerprint density at radius 3 is 2.50 bits per heavy atom. The van der Waals surface area contributed by atoms with Gasteiger partial charge in [-0.2, -0.15) is 0 Å². The summed E-state index contributed by atoms with van der Waals surface area (Å²) in [5.74, 6) is 0.284. The topological polar surface area (TPSA) is 29.5 Å². The fourth-order valence-electron chi connectivity index (χ4n) is 2.34. The molecule has 2 nitrogen and oxygen atoms in total. The van der Waals surface area contributed by atoms with E-state index >= 15 is 0 Å². The SMILES string of the molecule is COc1cc(C)cc(C)c1C(O)c1ccc(F)cc1Br. The maximum absolute atomic E-state index is 13.2. The number of aliphatic hydroxyl groups excluding tert-OH is 1. The van der Waals surface area contributed by atoms with E-state index in [4.69, 9.17) is 4.74 Å². The molecule has 0 spiro atoms. The Kier molecular flexibility index (Phi) is 4.45. The summed E-state index contributed by atoms with van der Waals surface area (Å²) in [5.41, 5.74) is 3.31. The summed E-state index contributed by atoms with van der Waals surface area (Å²) >= 11 is 3.29. The molecule has 0 fully saturated rings. The number of hydrogen-bond donors (Lipinski definition) is 1. The molecule has 2 aromatic carbocycles. The molecule has 20 heavy (non-hydrogen) atoms. The van der Waals surface area contributed by atoms with Gasteiger partial charge in [0.05, 0.1) is 7.11 Å². The summed E-state index contributed by atoms with van der Waals surface area (Å²) in [6, 6.07) is 8.11. The van der Waals surface area contributed by atoms with E-state index in [9.17, 15) is 9.50 Å². The van der Waals surface area contributed by atoms with Gasteiger partial charge in [0.15, 0.2) is 0 Å². The van der Waals surface area contributed by atoms with Gasteiger partial charge in [-0.25, -0.2) is 4.39 Å². The van der Waals surface area contributed by atoms with Crippen molar-refractivity contribution in [3.05, 3.63) is 62.9 Å². The highest BCUT2D eigenvalue weighted by atomic mass is 79.9. The lowest BCUT2D eigenvalue weighted by molar-refractivity contribution is 0.213. The Morgan fingerprint density at radius 2 is 1.90 bits per heavy atom. The van der Waals surface area contributed by atoms with Crippen LogP contribution in [0.15, 0.2) is 34.8 Å². The lowest BCUT2D eigenvalue weighted by Gasteiger charge is -2.19. The van der Waals surface area contributed by atoms with Gasteiger partial charge in [-0.3, -0.25) is 0 Å². The number of ether oxygens (including phenoxy) is 1. The second-order valence-electron chi connectivity index (χ2n) is 4.77. The maximum Gasteiger partial charge on any atom is 0.125 e. The number of halogens is 2. The third-order valence-corrected chi connectivity index (χ3v) is 3.93. The van der Waals surface area contributed by atoms with Gasteiger partial charge >= 0.3 is 0 Å². The number of benzene rings is 2. The minimum Gasteiger partial charge on any atom is -0.496 e. The molecule has 0 aliphatic rings. The molecular formula is C16H16BrFO2. The lowest BCUT2D eigenvalue weighted by Crippen LogP contribution is -2.06. The van der Waals surface area contributed by atoms with Gasteiger partial charge in [-0.1, -0.05) is 28.1 Å². The molecule has 2 aromatic rings. The van der Waals surface area contributed by atoms with Crippen LogP contribution < -0.4 is 4.74 Å². The monoisotopic (exact) mass is 338 g/mol. The van der Waals surface area contributed by atoms with Gasteiger partial charge in [-0.15, -0.1) is 0 Å². The van der Waals surface area contributed by atoms with Crippen LogP contribution in [0.5, 0.6) is 5.75 Å². The quantitative estimate of drug-likeness (QED) is 0.904. The van der Waals surface area contributed by atoms with Gasteiger partial charge < -0.3 is 9.84 Å². The first-order valence-corrected chi connectivity index (χ1v) is 7.01. The van der Waals surface area contributed by atoms with Crippen LogP contribution in [0.3, 0.4) is 0 Å². The predicted molar refractivity (Wildman–Crippen MR) is 80.6 cm³/mol. The molecule has 0 saturated carbocycles. The zero-order valence-electron chi connectivity index (χ0n) is 11.6. The van der Waals surface area contributed by atoms with Crippen molar-refractivity contribution in [3.63, 3.8) is 0 Å². The molecule has 0 amide bonds. The number of methoxy groups -OCH3 is 1. The molecule has 0 saturated heterocycles. The summed E-state index contributed by atoms with van der Waals surface area (Å²) in [7, 11) is 1.57. The van der Waals surface area contributed by atoms with Gasteiger partial charge in [0, 0.05) is 10.0 Å². The Hall–Kier alpha value is -1.39. The second-order valence-corrected chi connectivity index (χ2v) is 5.62. The van der Waals surface area contributed by atoms with E-state index in [1.54, 1.807) is 13.2 Å². The Morgan fingerprint density at radius 1 is 1.20 bits per heavy atom. The number of aliphatic hydroxyl groups is 1. The lowest BCUT2D eigenvalue weighted by atomic mass is 9.95. The molecule has 0 bridgehead atoms. The molecule has 0 heterocycles. The Bertz CT molecular complexity index is 641. The number of rotatable bonds is 3. The zero-order chi connectivity index (χ0) is 14.9. The van der Waals surface area contributed by atoms with Crippen LogP contribution in [0.2, 0.25) is 0 Å². The number of hydrogen-bond acceptors (Lipinski definition) is 2. The zero-order valence-corrected chi connectivity index (χ0v) is 13.2. The molecule has 106 valence electrons. The standard InChI is InChI=1S/C16H16BrFO2/c1-9-6-10(2)15(14(7-9)20-3)16(19)12-5-4-11(18)8-13(12)17/h4-8,16,19H,1-3H3. The first-order chi connectivity index (χ1) is 9.43. The molecule has 1 atom stereocenters. The molecule has 0 aliphatic heterocycles. The van der Waals surface area contributed by atoms with Gasteiger partial charge in [0.1, 0.15) is 17.7 Å². The number of aryl methyl sites for hydroxylation is 2. The average molecular weight is 339 g/mol. The molecule has 1 N–H and O–H groups in total. The summed E-state index contributed by atoms with van der Waals surface area (Å²) in [6.07, 6.45) is -0.875. The first-order valence-electron chi connectivity index (χ1n) is 6.22. The van der Waals surface area contributed by atoms with Crippen LogP contribution in [0.4, 0.5) is 4.39 Å².